The van der Waals surface area contributed by atoms with Crippen LogP contribution in [-0.4, -0.2) is 9.51 Å². The summed E-state index contributed by atoms with van der Waals surface area (Å²) in [6.07, 6.45) is 1.98. The summed E-state index contributed by atoms with van der Waals surface area (Å²) in [5.74, 6) is 0. The Labute approximate surface area is 106 Å². The lowest BCUT2D eigenvalue weighted by molar-refractivity contribution is -0.633. The Bertz CT molecular complexity index is 686. The Balaban J connectivity index is 2.38. The number of aliphatic hydroxyl groups excluding tert-OH is 1. The molecule has 1 aromatic carbocycles. The molecule has 0 spiro atoms. The van der Waals surface area contributed by atoms with Gasteiger partial charge in [0.2, 0.25) is 0 Å². The number of rotatable bonds is 2. The molecule has 0 fully saturated rings. The van der Waals surface area contributed by atoms with Crippen molar-refractivity contribution >= 4 is 5.65 Å². The molecule has 0 saturated heterocycles. The Hall–Kier alpha value is -2.13. The van der Waals surface area contributed by atoms with Crippen molar-refractivity contribution in [3.63, 3.8) is 0 Å². The fraction of sp³-hybridized carbons (Fsp3) is 0.133. The smallest absolute Gasteiger partial charge is 0.286 e. The molecule has 3 rings (SSSR count). The van der Waals surface area contributed by atoms with Gasteiger partial charge in [-0.25, -0.2) is 4.57 Å². The summed E-state index contributed by atoms with van der Waals surface area (Å²) in [7, 11) is 2.02. The Morgan fingerprint density at radius 1 is 1.06 bits per heavy atom. The third kappa shape index (κ3) is 1.52. The van der Waals surface area contributed by atoms with Crippen LogP contribution in [0.1, 0.15) is 5.69 Å². The summed E-state index contributed by atoms with van der Waals surface area (Å²) >= 11 is 0. The van der Waals surface area contributed by atoms with E-state index in [-0.39, 0.29) is 6.61 Å². The fourth-order valence-electron chi connectivity index (χ4n) is 2.47. The Kier molecular flexibility index (Phi) is 2.61. The number of aromatic nitrogens is 2. The van der Waals surface area contributed by atoms with Crippen molar-refractivity contribution in [3.05, 3.63) is 60.4 Å². The number of aryl methyl sites for hydroxylation is 1. The molecule has 0 aliphatic rings. The van der Waals surface area contributed by atoms with E-state index in [1.54, 1.807) is 0 Å². The van der Waals surface area contributed by atoms with Gasteiger partial charge < -0.3 is 5.11 Å². The van der Waals surface area contributed by atoms with Crippen LogP contribution in [0.2, 0.25) is 0 Å². The molecule has 0 amide bonds. The van der Waals surface area contributed by atoms with Crippen LogP contribution < -0.4 is 4.57 Å². The zero-order chi connectivity index (χ0) is 12.5. The summed E-state index contributed by atoms with van der Waals surface area (Å²) in [4.78, 5) is 0. The van der Waals surface area contributed by atoms with Crippen LogP contribution >= 0.6 is 0 Å². The van der Waals surface area contributed by atoms with Crippen molar-refractivity contribution < 1.29 is 9.67 Å². The van der Waals surface area contributed by atoms with Crippen LogP contribution in [0.15, 0.2) is 54.7 Å². The van der Waals surface area contributed by atoms with Crippen LogP contribution in [-0.2, 0) is 13.7 Å². The number of pyridine rings is 1. The van der Waals surface area contributed by atoms with Gasteiger partial charge in [-0.1, -0.05) is 36.4 Å². The van der Waals surface area contributed by atoms with Crippen molar-refractivity contribution in [1.29, 1.82) is 0 Å². The summed E-state index contributed by atoms with van der Waals surface area (Å²) in [5, 5.41) is 9.66. The van der Waals surface area contributed by atoms with Crippen molar-refractivity contribution in [3.8, 4) is 11.3 Å². The SMILES string of the molecule is C[n+]1c(-c2ccccc2)c(CO)n2ccccc21. The van der Waals surface area contributed by atoms with E-state index in [1.165, 1.54) is 0 Å². The van der Waals surface area contributed by atoms with E-state index in [2.05, 4.69) is 16.7 Å². The number of imidazole rings is 1. The first-order chi connectivity index (χ1) is 8.83. The number of nitrogens with zero attached hydrogens (tertiary/aromatic N) is 2. The van der Waals surface area contributed by atoms with E-state index in [1.807, 2.05) is 54.0 Å². The number of hydrogen-bond donors (Lipinski definition) is 1. The first-order valence-electron chi connectivity index (χ1n) is 5.97. The number of aliphatic hydroxyl groups is 1. The molecule has 0 aliphatic carbocycles. The highest BCUT2D eigenvalue weighted by Crippen LogP contribution is 2.22. The lowest BCUT2D eigenvalue weighted by Gasteiger charge is -1.98. The molecule has 0 atom stereocenters. The molecule has 18 heavy (non-hydrogen) atoms. The largest absolute Gasteiger partial charge is 0.388 e. The van der Waals surface area contributed by atoms with Gasteiger partial charge in [0.15, 0.2) is 11.4 Å². The lowest BCUT2D eigenvalue weighted by Crippen LogP contribution is -2.29. The number of hydrogen-bond acceptors (Lipinski definition) is 1. The summed E-state index contributed by atoms with van der Waals surface area (Å²) < 4.78 is 4.14. The minimum atomic E-state index is 0.0241. The third-order valence-electron chi connectivity index (χ3n) is 3.28. The quantitative estimate of drug-likeness (QED) is 0.680. The van der Waals surface area contributed by atoms with Crippen LogP contribution in [0, 0.1) is 0 Å². The van der Waals surface area contributed by atoms with Gasteiger partial charge in [-0.05, 0) is 6.07 Å². The highest BCUT2D eigenvalue weighted by Gasteiger charge is 2.23. The Morgan fingerprint density at radius 2 is 1.78 bits per heavy atom. The van der Waals surface area contributed by atoms with Gasteiger partial charge in [0, 0.05) is 11.6 Å². The minimum Gasteiger partial charge on any atom is -0.388 e. The van der Waals surface area contributed by atoms with Gasteiger partial charge in [0.25, 0.3) is 5.65 Å². The molecule has 0 saturated carbocycles. The second kappa shape index (κ2) is 4.27. The predicted molar refractivity (Wildman–Crippen MR) is 69.9 cm³/mol. The molecule has 2 aromatic heterocycles. The predicted octanol–water partition coefficient (Wildman–Crippen LogP) is 1.92. The first kappa shape index (κ1) is 11.0. The molecule has 0 bridgehead atoms. The molecule has 1 N–H and O–H groups in total. The molecular formula is C15H15N2O+. The van der Waals surface area contributed by atoms with Gasteiger partial charge in [-0.3, -0.25) is 0 Å². The monoisotopic (exact) mass is 239 g/mol. The molecule has 0 radical (unpaired) electrons. The molecule has 3 aromatic rings. The van der Waals surface area contributed by atoms with E-state index < -0.39 is 0 Å². The fourth-order valence-corrected chi connectivity index (χ4v) is 2.47. The highest BCUT2D eigenvalue weighted by atomic mass is 16.3. The van der Waals surface area contributed by atoms with Gasteiger partial charge in [-0.2, -0.15) is 4.40 Å². The van der Waals surface area contributed by atoms with Crippen LogP contribution in [0.5, 0.6) is 0 Å². The van der Waals surface area contributed by atoms with Gasteiger partial charge >= 0.3 is 0 Å². The normalized spacial score (nSPS) is 11.0. The van der Waals surface area contributed by atoms with E-state index in [0.717, 1.165) is 22.6 Å². The van der Waals surface area contributed by atoms with Crippen molar-refractivity contribution in [2.45, 2.75) is 6.61 Å². The molecule has 90 valence electrons. The van der Waals surface area contributed by atoms with Gasteiger partial charge in [0.05, 0.1) is 13.2 Å². The summed E-state index contributed by atoms with van der Waals surface area (Å²) in [6, 6.07) is 16.2. The maximum absolute atomic E-state index is 9.66. The second-order valence-electron chi connectivity index (χ2n) is 4.31. The number of fused-ring (bicyclic) bond motifs is 1. The van der Waals surface area contributed by atoms with Crippen molar-refractivity contribution in [2.24, 2.45) is 7.05 Å². The zero-order valence-electron chi connectivity index (χ0n) is 10.2. The summed E-state index contributed by atoms with van der Waals surface area (Å²) in [6.45, 7) is 0.0241. The number of benzene rings is 1. The molecule has 0 aliphatic heterocycles. The standard InChI is InChI=1S/C15H15N2O/c1-16-14-9-5-6-10-17(14)13(11-18)15(16)12-7-3-2-4-8-12/h2-10,18H,11H2,1H3/q+1. The maximum Gasteiger partial charge on any atom is 0.286 e. The summed E-state index contributed by atoms with van der Waals surface area (Å²) in [5.41, 5.74) is 4.16. The second-order valence-corrected chi connectivity index (χ2v) is 4.31. The first-order valence-corrected chi connectivity index (χ1v) is 5.97. The zero-order valence-corrected chi connectivity index (χ0v) is 10.2. The van der Waals surface area contributed by atoms with E-state index in [9.17, 15) is 5.11 Å². The Morgan fingerprint density at radius 3 is 2.50 bits per heavy atom. The third-order valence-corrected chi connectivity index (χ3v) is 3.28. The highest BCUT2D eigenvalue weighted by molar-refractivity contribution is 5.61. The van der Waals surface area contributed by atoms with Crippen molar-refractivity contribution in [2.75, 3.05) is 0 Å². The average Bonchev–Trinajstić information content (AvgIpc) is 2.73. The topological polar surface area (TPSA) is 28.5 Å². The molecular weight excluding hydrogens is 224 g/mol. The van der Waals surface area contributed by atoms with Crippen LogP contribution in [0.25, 0.3) is 16.9 Å². The average molecular weight is 239 g/mol. The van der Waals surface area contributed by atoms with E-state index in [4.69, 9.17) is 0 Å². The van der Waals surface area contributed by atoms with E-state index in [0.29, 0.717) is 0 Å². The lowest BCUT2D eigenvalue weighted by atomic mass is 10.1. The van der Waals surface area contributed by atoms with Gasteiger partial charge in [0.1, 0.15) is 6.61 Å². The van der Waals surface area contributed by atoms with Crippen LogP contribution in [0.4, 0.5) is 0 Å². The maximum atomic E-state index is 9.66. The molecule has 3 nitrogen and oxygen atoms in total. The van der Waals surface area contributed by atoms with E-state index >= 15 is 0 Å². The molecule has 3 heteroatoms. The molecule has 2 heterocycles. The van der Waals surface area contributed by atoms with Gasteiger partial charge in [-0.15, -0.1) is 0 Å². The van der Waals surface area contributed by atoms with Crippen molar-refractivity contribution in [1.82, 2.24) is 4.40 Å². The minimum absolute atomic E-state index is 0.0241. The van der Waals surface area contributed by atoms with Crippen LogP contribution in [0.3, 0.4) is 0 Å². The molecule has 0 unspecified atom stereocenters.